The third-order valence-corrected chi connectivity index (χ3v) is 2.05. The molecule has 0 saturated carbocycles. The van der Waals surface area contributed by atoms with E-state index in [4.69, 9.17) is 5.73 Å². The number of nitrogens with zero attached hydrogens (tertiary/aromatic N) is 1. The second kappa shape index (κ2) is 6.19. The molecule has 0 fully saturated rings. The number of amidine groups is 1. The van der Waals surface area contributed by atoms with E-state index in [1.807, 2.05) is 18.2 Å². The van der Waals surface area contributed by atoms with Crippen LogP contribution >= 0.6 is 0 Å². The summed E-state index contributed by atoms with van der Waals surface area (Å²) < 4.78 is 0. The Morgan fingerprint density at radius 2 is 2.00 bits per heavy atom. The summed E-state index contributed by atoms with van der Waals surface area (Å²) in [6.07, 6.45) is 3.06. The molecule has 2 N–H and O–H groups in total. The van der Waals surface area contributed by atoms with Crippen LogP contribution in [0.15, 0.2) is 35.3 Å². The van der Waals surface area contributed by atoms with Crippen molar-refractivity contribution >= 4 is 5.84 Å². The highest BCUT2D eigenvalue weighted by atomic mass is 14.8. The molecule has 1 aromatic carbocycles. The topological polar surface area (TPSA) is 38.4 Å². The standard InChI is InChI=1S/C12H18N2/c1-2-3-9-14-12(13)10-11-7-5-4-6-8-11/h4-8H,2-3,9-10H2,1H3,(H2,13,14). The summed E-state index contributed by atoms with van der Waals surface area (Å²) in [6, 6.07) is 10.2. The van der Waals surface area contributed by atoms with Crippen molar-refractivity contribution in [1.82, 2.24) is 0 Å². The van der Waals surface area contributed by atoms with E-state index in [0.717, 1.165) is 25.2 Å². The van der Waals surface area contributed by atoms with E-state index in [1.165, 1.54) is 12.0 Å². The largest absolute Gasteiger partial charge is 0.387 e. The number of unbranched alkanes of at least 4 members (excludes halogenated alkanes) is 1. The first-order chi connectivity index (χ1) is 6.83. The van der Waals surface area contributed by atoms with E-state index in [1.54, 1.807) is 0 Å². The summed E-state index contributed by atoms with van der Waals surface area (Å²) >= 11 is 0. The van der Waals surface area contributed by atoms with E-state index < -0.39 is 0 Å². The number of benzene rings is 1. The van der Waals surface area contributed by atoms with Gasteiger partial charge in [0.2, 0.25) is 0 Å². The van der Waals surface area contributed by atoms with Crippen molar-refractivity contribution in [2.24, 2.45) is 10.7 Å². The molecule has 0 atom stereocenters. The highest BCUT2D eigenvalue weighted by Crippen LogP contribution is 1.99. The molecule has 2 heteroatoms. The van der Waals surface area contributed by atoms with E-state index in [9.17, 15) is 0 Å². The molecule has 0 amide bonds. The van der Waals surface area contributed by atoms with Crippen molar-refractivity contribution in [3.63, 3.8) is 0 Å². The minimum atomic E-state index is 0.740. The summed E-state index contributed by atoms with van der Waals surface area (Å²) in [5, 5.41) is 0. The second-order valence-electron chi connectivity index (χ2n) is 3.39. The molecule has 0 heterocycles. The first kappa shape index (κ1) is 10.8. The third kappa shape index (κ3) is 4.08. The molecule has 76 valence electrons. The van der Waals surface area contributed by atoms with Gasteiger partial charge in [0.1, 0.15) is 0 Å². The minimum absolute atomic E-state index is 0.740. The lowest BCUT2D eigenvalue weighted by molar-refractivity contribution is 0.805. The highest BCUT2D eigenvalue weighted by Gasteiger charge is 1.94. The number of nitrogens with two attached hydrogens (primary N) is 1. The van der Waals surface area contributed by atoms with Gasteiger partial charge in [-0.2, -0.15) is 0 Å². The molecular formula is C12H18N2. The molecule has 0 aliphatic heterocycles. The Morgan fingerprint density at radius 1 is 1.29 bits per heavy atom. The van der Waals surface area contributed by atoms with Crippen LogP contribution in [-0.2, 0) is 6.42 Å². The minimum Gasteiger partial charge on any atom is -0.387 e. The normalized spacial score (nSPS) is 11.6. The fourth-order valence-corrected chi connectivity index (χ4v) is 1.24. The van der Waals surface area contributed by atoms with Crippen LogP contribution in [0.25, 0.3) is 0 Å². The average Bonchev–Trinajstić information content (AvgIpc) is 2.20. The van der Waals surface area contributed by atoms with Crippen LogP contribution in [-0.4, -0.2) is 12.4 Å². The lowest BCUT2D eigenvalue weighted by Gasteiger charge is -2.00. The molecule has 0 spiro atoms. The molecule has 0 aliphatic carbocycles. The van der Waals surface area contributed by atoms with Crippen LogP contribution in [0.2, 0.25) is 0 Å². The lowest BCUT2D eigenvalue weighted by Crippen LogP contribution is -2.15. The Hall–Kier alpha value is -1.31. The van der Waals surface area contributed by atoms with Crippen molar-refractivity contribution < 1.29 is 0 Å². The van der Waals surface area contributed by atoms with Gasteiger partial charge in [0, 0.05) is 13.0 Å². The molecule has 1 aromatic rings. The predicted molar refractivity (Wildman–Crippen MR) is 61.5 cm³/mol. The van der Waals surface area contributed by atoms with E-state index in [2.05, 4.69) is 24.0 Å². The Kier molecular flexibility index (Phi) is 4.76. The van der Waals surface area contributed by atoms with Gasteiger partial charge in [-0.25, -0.2) is 0 Å². The van der Waals surface area contributed by atoms with Gasteiger partial charge < -0.3 is 5.73 Å². The number of rotatable bonds is 5. The zero-order chi connectivity index (χ0) is 10.2. The third-order valence-electron chi connectivity index (χ3n) is 2.05. The molecule has 0 aliphatic rings. The Balaban J connectivity index is 2.40. The van der Waals surface area contributed by atoms with Crippen molar-refractivity contribution in [3.8, 4) is 0 Å². The van der Waals surface area contributed by atoms with Crippen molar-refractivity contribution in [1.29, 1.82) is 0 Å². The average molecular weight is 190 g/mol. The fraction of sp³-hybridized carbons (Fsp3) is 0.417. The molecular weight excluding hydrogens is 172 g/mol. The van der Waals surface area contributed by atoms with Crippen LogP contribution in [0.1, 0.15) is 25.3 Å². The van der Waals surface area contributed by atoms with Gasteiger partial charge >= 0.3 is 0 Å². The molecule has 0 unspecified atom stereocenters. The first-order valence-corrected chi connectivity index (χ1v) is 5.15. The van der Waals surface area contributed by atoms with Crippen LogP contribution < -0.4 is 5.73 Å². The maximum absolute atomic E-state index is 5.80. The summed E-state index contributed by atoms with van der Waals surface area (Å²) in [5.41, 5.74) is 7.02. The highest BCUT2D eigenvalue weighted by molar-refractivity contribution is 5.82. The zero-order valence-electron chi connectivity index (χ0n) is 8.74. The zero-order valence-corrected chi connectivity index (χ0v) is 8.74. The SMILES string of the molecule is CCCCN=C(N)Cc1ccccc1. The molecule has 0 bridgehead atoms. The lowest BCUT2D eigenvalue weighted by atomic mass is 10.1. The van der Waals surface area contributed by atoms with E-state index >= 15 is 0 Å². The van der Waals surface area contributed by atoms with Crippen molar-refractivity contribution in [3.05, 3.63) is 35.9 Å². The maximum atomic E-state index is 5.80. The quantitative estimate of drug-likeness (QED) is 0.432. The molecule has 0 aromatic heterocycles. The van der Waals surface area contributed by atoms with Gasteiger partial charge in [-0.05, 0) is 12.0 Å². The molecule has 0 saturated heterocycles. The summed E-state index contributed by atoms with van der Waals surface area (Å²) in [7, 11) is 0. The smallest absolute Gasteiger partial charge is 0.0981 e. The van der Waals surface area contributed by atoms with Crippen LogP contribution in [0, 0.1) is 0 Å². The molecule has 14 heavy (non-hydrogen) atoms. The first-order valence-electron chi connectivity index (χ1n) is 5.15. The molecule has 2 nitrogen and oxygen atoms in total. The van der Waals surface area contributed by atoms with Crippen molar-refractivity contribution in [2.45, 2.75) is 26.2 Å². The second-order valence-corrected chi connectivity index (χ2v) is 3.39. The summed E-state index contributed by atoms with van der Waals surface area (Å²) in [4.78, 5) is 4.30. The summed E-state index contributed by atoms with van der Waals surface area (Å²) in [6.45, 7) is 3.01. The van der Waals surface area contributed by atoms with Gasteiger partial charge in [-0.3, -0.25) is 4.99 Å². The van der Waals surface area contributed by atoms with Crippen LogP contribution in [0.3, 0.4) is 0 Å². The predicted octanol–water partition coefficient (Wildman–Crippen LogP) is 2.39. The van der Waals surface area contributed by atoms with Crippen molar-refractivity contribution in [2.75, 3.05) is 6.54 Å². The molecule has 1 rings (SSSR count). The van der Waals surface area contributed by atoms with Gasteiger partial charge in [-0.15, -0.1) is 0 Å². The van der Waals surface area contributed by atoms with Gasteiger partial charge in [0.15, 0.2) is 0 Å². The molecule has 0 radical (unpaired) electrons. The van der Waals surface area contributed by atoms with Crippen LogP contribution in [0.4, 0.5) is 0 Å². The fourth-order valence-electron chi connectivity index (χ4n) is 1.24. The van der Waals surface area contributed by atoms with Gasteiger partial charge in [-0.1, -0.05) is 43.7 Å². The van der Waals surface area contributed by atoms with E-state index in [0.29, 0.717) is 0 Å². The maximum Gasteiger partial charge on any atom is 0.0981 e. The van der Waals surface area contributed by atoms with Crippen LogP contribution in [0.5, 0.6) is 0 Å². The Bertz CT molecular complexity index is 278. The summed E-state index contributed by atoms with van der Waals surface area (Å²) in [5.74, 6) is 0.740. The number of hydrogen-bond donors (Lipinski definition) is 1. The number of aliphatic imine (C=N–C) groups is 1. The van der Waals surface area contributed by atoms with E-state index in [-0.39, 0.29) is 0 Å². The Morgan fingerprint density at radius 3 is 2.64 bits per heavy atom. The van der Waals surface area contributed by atoms with Gasteiger partial charge in [0.25, 0.3) is 0 Å². The monoisotopic (exact) mass is 190 g/mol. The number of hydrogen-bond acceptors (Lipinski definition) is 1. The van der Waals surface area contributed by atoms with Gasteiger partial charge in [0.05, 0.1) is 5.84 Å². The Labute approximate surface area is 85.9 Å².